The number of pyridine rings is 3. The number of anilines is 3. The van der Waals surface area contributed by atoms with Gasteiger partial charge in [-0.25, -0.2) is 23.7 Å². The Labute approximate surface area is 634 Å². The summed E-state index contributed by atoms with van der Waals surface area (Å²) in [5.41, 5.74) is 10.9. The first kappa shape index (κ1) is 73.5. The maximum atomic E-state index is 13.9. The van der Waals surface area contributed by atoms with E-state index >= 15 is 0 Å². The molecule has 6 aliphatic heterocycles. The van der Waals surface area contributed by atoms with Gasteiger partial charge in [-0.1, -0.05) is 160 Å². The van der Waals surface area contributed by atoms with Gasteiger partial charge in [0.25, 0.3) is 17.7 Å². The van der Waals surface area contributed by atoms with Gasteiger partial charge in [-0.3, -0.25) is 29.1 Å². The lowest BCUT2D eigenvalue weighted by Crippen LogP contribution is -2.46. The third kappa shape index (κ3) is 17.0. The molecule has 3 saturated heterocycles. The van der Waals surface area contributed by atoms with Crippen LogP contribution in [0, 0.1) is 18.6 Å². The molecule has 15 rings (SSSR count). The predicted octanol–water partition coefficient (Wildman–Crippen LogP) is 19.5. The molecule has 0 aliphatic carbocycles. The number of likely N-dealkylation sites (tertiary alicyclic amines) is 3. The normalized spacial score (nSPS) is 17.4. The Bertz CT molecular complexity index is 4690. The number of amides is 3. The van der Waals surface area contributed by atoms with Crippen molar-refractivity contribution in [2.75, 3.05) is 93.2 Å². The van der Waals surface area contributed by atoms with Gasteiger partial charge in [0.1, 0.15) is 27.1 Å². The first-order chi connectivity index (χ1) is 49.7. The van der Waals surface area contributed by atoms with E-state index in [4.69, 9.17) is 81.2 Å². The van der Waals surface area contributed by atoms with E-state index in [0.717, 1.165) is 136 Å². The molecule has 12 nitrogen and oxygen atoms in total. The zero-order chi connectivity index (χ0) is 72.0. The van der Waals surface area contributed by atoms with Gasteiger partial charge in [0.05, 0.1) is 0 Å². The summed E-state index contributed by atoms with van der Waals surface area (Å²) < 4.78 is 27.0. The van der Waals surface area contributed by atoms with Gasteiger partial charge in [-0.05, 0) is 228 Å². The van der Waals surface area contributed by atoms with E-state index < -0.39 is 11.6 Å². The summed E-state index contributed by atoms with van der Waals surface area (Å²) in [5.74, 6) is -1.36. The molecule has 3 fully saturated rings. The Morgan fingerprint density at radius 2 is 0.806 bits per heavy atom. The van der Waals surface area contributed by atoms with Gasteiger partial charge >= 0.3 is 0 Å². The Balaban J connectivity index is 0.000000138. The fourth-order valence-electron chi connectivity index (χ4n) is 15.3. The second kappa shape index (κ2) is 32.3. The van der Waals surface area contributed by atoms with Gasteiger partial charge < -0.3 is 14.7 Å². The number of hydrogen-bond donors (Lipinski definition) is 0. The number of aromatic nitrogens is 3. The lowest BCUT2D eigenvalue weighted by atomic mass is 9.74. The van der Waals surface area contributed by atoms with Crippen LogP contribution in [0.3, 0.4) is 0 Å². The Morgan fingerprint density at radius 1 is 0.417 bits per heavy atom. The van der Waals surface area contributed by atoms with Crippen molar-refractivity contribution in [1.82, 2.24) is 29.7 Å². The molecule has 3 amide bonds. The molecule has 103 heavy (non-hydrogen) atoms. The van der Waals surface area contributed by atoms with Crippen LogP contribution in [0.15, 0.2) is 194 Å². The van der Waals surface area contributed by atoms with E-state index in [2.05, 4.69) is 84.3 Å². The molecule has 3 aromatic heterocycles. The molecular weight excluding hydrogens is 1450 g/mol. The van der Waals surface area contributed by atoms with Crippen molar-refractivity contribution in [3.63, 3.8) is 0 Å². The average molecular weight is 1520 g/mol. The minimum atomic E-state index is -0.586. The molecule has 3 spiro atoms. The highest BCUT2D eigenvalue weighted by atomic mass is 35.5. The van der Waals surface area contributed by atoms with Crippen molar-refractivity contribution in [1.29, 1.82) is 0 Å². The number of aryl methyl sites for hydroxylation is 1. The number of benzene rings is 6. The van der Waals surface area contributed by atoms with Crippen molar-refractivity contribution in [2.24, 2.45) is 0 Å². The molecule has 0 N–H and O–H groups in total. The van der Waals surface area contributed by atoms with Gasteiger partial charge in [0.15, 0.2) is 0 Å². The number of hydrogen-bond acceptors (Lipinski definition) is 9. The van der Waals surface area contributed by atoms with Crippen LogP contribution in [0.1, 0.15) is 109 Å². The highest BCUT2D eigenvalue weighted by Gasteiger charge is 2.50. The van der Waals surface area contributed by atoms with Gasteiger partial charge in [0.2, 0.25) is 0 Å². The number of halogens is 9. The monoisotopic (exact) mass is 1520 g/mol. The first-order valence-electron chi connectivity index (χ1n) is 34.4. The Kier molecular flexibility index (Phi) is 23.0. The maximum Gasteiger partial charge on any atom is 0.258 e. The minimum absolute atomic E-state index is 0.0407. The number of rotatable bonds is 12. The first-order valence-corrected chi connectivity index (χ1v) is 37.0. The summed E-state index contributed by atoms with van der Waals surface area (Å²) in [6.07, 6.45) is 21.1. The Hall–Kier alpha value is -7.83. The predicted molar refractivity (Wildman–Crippen MR) is 415 cm³/mol. The van der Waals surface area contributed by atoms with Gasteiger partial charge in [-0.15, -0.1) is 0 Å². The van der Waals surface area contributed by atoms with E-state index in [1.807, 2.05) is 107 Å². The topological polar surface area (TPSA) is 109 Å². The molecular formula is C82H74Cl7F2N9O3. The number of carbonyl (C=O) groups is 3. The third-order valence-corrected chi connectivity index (χ3v) is 22.3. The van der Waals surface area contributed by atoms with Crippen LogP contribution in [0.2, 0.25) is 35.5 Å². The molecule has 528 valence electrons. The van der Waals surface area contributed by atoms with E-state index in [9.17, 15) is 23.2 Å². The molecule has 0 bridgehead atoms. The van der Waals surface area contributed by atoms with E-state index in [0.29, 0.717) is 73.8 Å². The average Bonchev–Trinajstić information content (AvgIpc) is 1.60. The summed E-state index contributed by atoms with van der Waals surface area (Å²) >= 11 is 43.4. The van der Waals surface area contributed by atoms with Crippen LogP contribution in [0.5, 0.6) is 0 Å². The summed E-state index contributed by atoms with van der Waals surface area (Å²) in [7, 11) is 0. The van der Waals surface area contributed by atoms with E-state index in [1.165, 1.54) is 35.0 Å². The van der Waals surface area contributed by atoms with Crippen molar-refractivity contribution in [2.45, 2.75) is 61.7 Å². The smallest absolute Gasteiger partial charge is 0.258 e. The number of fused-ring (bicyclic) bond motifs is 6. The number of carbonyl (C=O) groups excluding carboxylic acids is 3. The largest absolute Gasteiger partial charge is 0.307 e. The Morgan fingerprint density at radius 3 is 1.21 bits per heavy atom. The fourth-order valence-corrected chi connectivity index (χ4v) is 16.6. The fraction of sp³-hybridized carbons (Fsp3) is 0.268. The van der Waals surface area contributed by atoms with Crippen molar-refractivity contribution < 1.29 is 23.2 Å². The second-order valence-corrected chi connectivity index (χ2v) is 30.2. The van der Waals surface area contributed by atoms with Crippen LogP contribution in [0.4, 0.5) is 25.8 Å². The number of piperidine rings is 3. The zero-order valence-corrected chi connectivity index (χ0v) is 61.9. The second-order valence-electron chi connectivity index (χ2n) is 27.3. The molecule has 0 radical (unpaired) electrons. The lowest BCUT2D eigenvalue weighted by Gasteiger charge is -2.39. The lowest BCUT2D eigenvalue weighted by molar-refractivity contribution is 0.0970. The zero-order valence-electron chi connectivity index (χ0n) is 56.6. The van der Waals surface area contributed by atoms with Crippen molar-refractivity contribution >= 4 is 134 Å². The third-order valence-electron chi connectivity index (χ3n) is 20.8. The van der Waals surface area contributed by atoms with Crippen molar-refractivity contribution in [3.8, 4) is 0 Å². The molecule has 0 atom stereocenters. The summed E-state index contributed by atoms with van der Waals surface area (Å²) in [5, 5.41) is 3.74. The van der Waals surface area contributed by atoms with E-state index in [1.54, 1.807) is 48.7 Å². The quantitative estimate of drug-likeness (QED) is 0.110. The summed E-state index contributed by atoms with van der Waals surface area (Å²) in [6.45, 7) is 11.7. The minimum Gasteiger partial charge on any atom is -0.307 e. The number of nitrogens with zero attached hydrogens (tertiary/aromatic N) is 9. The summed E-state index contributed by atoms with van der Waals surface area (Å²) in [4.78, 5) is 65.4. The van der Waals surface area contributed by atoms with Crippen LogP contribution < -0.4 is 14.7 Å². The summed E-state index contributed by atoms with van der Waals surface area (Å²) in [6, 6.07) is 49.3. The van der Waals surface area contributed by atoms with Crippen LogP contribution in [0.25, 0.3) is 18.2 Å². The van der Waals surface area contributed by atoms with Crippen LogP contribution in [-0.2, 0) is 16.2 Å². The molecule has 0 unspecified atom stereocenters. The molecule has 21 heteroatoms. The SMILES string of the molecule is Cc1cc(C(=O)N2CC3(CCN(C/C=C/c4ccccc4)CC3)c3cc(Cl)ccc32)cc(Cl)n1.O=C(c1ccnc(Cl)c1)N1CC2(CCN(C/C=C/c3ccc(Cl)cc3)CC2)c2cc(Cl)ccc21.O=C(c1ccnc(Cl)c1)N1CC2(CCN(C/C=C/c3ccc(F)cc3F)CC2)c2cc(Cl)ccc21. The molecule has 0 saturated carbocycles. The van der Waals surface area contributed by atoms with Crippen molar-refractivity contribution in [3.05, 3.63) is 297 Å². The molecule has 9 aromatic rings. The maximum absolute atomic E-state index is 13.9. The highest BCUT2D eigenvalue weighted by molar-refractivity contribution is 6.33. The highest BCUT2D eigenvalue weighted by Crippen LogP contribution is 2.52. The van der Waals surface area contributed by atoms with Crippen LogP contribution >= 0.6 is 81.2 Å². The van der Waals surface area contributed by atoms with Gasteiger partial charge in [-0.2, -0.15) is 0 Å². The standard InChI is InChI=1S/C28H27Cl2N3O.C27H24Cl3N3O.C27H23Cl2F2N3O/c1-20-16-22(17-26(30)31-20)27(34)33-19-28(24-18-23(29)9-10-25(24)33)11-14-32(15-12-28)13-5-8-21-6-3-2-4-7-21;28-21-5-3-19(4-6-21)2-1-13-32-14-10-27(11-15-32)18-33(24-8-7-22(29)17-23(24)27)26(34)20-9-12-31-25(30)16-20;28-20-4-6-24-22(15-20)27(17-34(24)26(35)19-7-10-32-25(29)14-19)8-12-33(13-9-27)11-1-2-18-3-5-21(30)16-23(18)31/h2-10,16-18H,11-15,19H2,1H3;1-9,12,16-17H,10-11,13-15,18H2;1-7,10,14-16H,8-9,11-13,17H2/b8-5+;2*2-1+. The molecule has 9 heterocycles. The molecule has 6 aromatic carbocycles. The van der Waals surface area contributed by atoms with Crippen LogP contribution in [-0.4, -0.2) is 126 Å². The van der Waals surface area contributed by atoms with Gasteiger partial charge in [0, 0.05) is 139 Å². The molecule has 6 aliphatic rings. The van der Waals surface area contributed by atoms with E-state index in [-0.39, 0.29) is 39.1 Å².